The summed E-state index contributed by atoms with van der Waals surface area (Å²) in [6, 6.07) is 3.80. The Morgan fingerprint density at radius 2 is 1.80 bits per heavy atom. The minimum Gasteiger partial charge on any atom is -0.492 e. The molecular weight excluding hydrogens is 456 g/mol. The molecule has 0 unspecified atom stereocenters. The van der Waals surface area contributed by atoms with E-state index < -0.39 is 0 Å². The molecule has 0 fully saturated rings. The molecule has 0 radical (unpaired) electrons. The number of hydrogen-bond donors (Lipinski definition) is 0. The Bertz CT molecular complexity index is 501. The number of carbonyl (C=O) groups excluding carboxylic acids is 1. The zero-order valence-corrected chi connectivity index (χ0v) is 15.8. The van der Waals surface area contributed by atoms with Gasteiger partial charge < -0.3 is 9.47 Å². The Kier molecular flexibility index (Phi) is 7.84. The van der Waals surface area contributed by atoms with Gasteiger partial charge in [-0.3, -0.25) is 0 Å². The first-order valence-electron chi connectivity index (χ1n) is 6.02. The highest BCUT2D eigenvalue weighted by Gasteiger charge is 2.08. The standard InChI is InChI=1S/C14H15Br3O3/c1-9(2)14(18)20-8-4-3-7-19-11-6-5-10(15)12(16)13(11)17/h5-6H,1,3-4,7-8H2,2H3. The highest BCUT2D eigenvalue weighted by Crippen LogP contribution is 2.37. The largest absolute Gasteiger partial charge is 0.492 e. The first-order valence-corrected chi connectivity index (χ1v) is 8.40. The third-order valence-corrected chi connectivity index (χ3v) is 5.71. The summed E-state index contributed by atoms with van der Waals surface area (Å²) < 4.78 is 13.4. The molecule has 0 saturated heterocycles. The lowest BCUT2D eigenvalue weighted by atomic mass is 10.3. The molecule has 0 spiro atoms. The van der Waals surface area contributed by atoms with E-state index in [1.165, 1.54) is 0 Å². The second-order valence-corrected chi connectivity index (χ2v) is 6.59. The quantitative estimate of drug-likeness (QED) is 0.236. The van der Waals surface area contributed by atoms with Crippen LogP contribution in [0.25, 0.3) is 0 Å². The normalized spacial score (nSPS) is 10.2. The molecular formula is C14H15Br3O3. The van der Waals surface area contributed by atoms with Crippen molar-refractivity contribution in [1.82, 2.24) is 0 Å². The Morgan fingerprint density at radius 1 is 1.15 bits per heavy atom. The van der Waals surface area contributed by atoms with Gasteiger partial charge in [0.1, 0.15) is 5.75 Å². The first kappa shape index (κ1) is 17.7. The smallest absolute Gasteiger partial charge is 0.333 e. The van der Waals surface area contributed by atoms with Crippen molar-refractivity contribution >= 4 is 53.8 Å². The van der Waals surface area contributed by atoms with Crippen molar-refractivity contribution in [3.05, 3.63) is 37.7 Å². The van der Waals surface area contributed by atoms with Gasteiger partial charge >= 0.3 is 5.97 Å². The number of benzene rings is 1. The average molecular weight is 471 g/mol. The van der Waals surface area contributed by atoms with Crippen LogP contribution in [0.15, 0.2) is 37.7 Å². The van der Waals surface area contributed by atoms with Crippen LogP contribution in [0.4, 0.5) is 0 Å². The minimum atomic E-state index is -0.342. The maximum atomic E-state index is 11.1. The third-order valence-electron chi connectivity index (χ3n) is 2.38. The molecule has 0 aliphatic heterocycles. The summed E-state index contributed by atoms with van der Waals surface area (Å²) >= 11 is 10.3. The van der Waals surface area contributed by atoms with Crippen LogP contribution in [0.3, 0.4) is 0 Å². The van der Waals surface area contributed by atoms with Crippen molar-refractivity contribution in [3.63, 3.8) is 0 Å². The van der Waals surface area contributed by atoms with Crippen molar-refractivity contribution in [2.45, 2.75) is 19.8 Å². The number of unbranched alkanes of at least 4 members (excludes halogenated alkanes) is 1. The Labute approximate surface area is 144 Å². The van der Waals surface area contributed by atoms with Crippen molar-refractivity contribution in [1.29, 1.82) is 0 Å². The van der Waals surface area contributed by atoms with Crippen LogP contribution < -0.4 is 4.74 Å². The molecule has 110 valence electrons. The predicted octanol–water partition coefficient (Wildman–Crippen LogP) is 5.25. The van der Waals surface area contributed by atoms with Gasteiger partial charge in [-0.15, -0.1) is 0 Å². The molecule has 0 N–H and O–H groups in total. The van der Waals surface area contributed by atoms with E-state index in [9.17, 15) is 4.79 Å². The van der Waals surface area contributed by atoms with Gasteiger partial charge in [0.05, 0.1) is 17.7 Å². The van der Waals surface area contributed by atoms with Gasteiger partial charge in [-0.2, -0.15) is 0 Å². The Morgan fingerprint density at radius 3 is 2.45 bits per heavy atom. The lowest BCUT2D eigenvalue weighted by Crippen LogP contribution is -2.07. The molecule has 0 saturated carbocycles. The van der Waals surface area contributed by atoms with E-state index in [-0.39, 0.29) is 5.97 Å². The molecule has 0 aromatic heterocycles. The fraction of sp³-hybridized carbons (Fsp3) is 0.357. The number of hydrogen-bond acceptors (Lipinski definition) is 3. The van der Waals surface area contributed by atoms with Gasteiger partial charge in [0, 0.05) is 14.5 Å². The molecule has 3 nitrogen and oxygen atoms in total. The van der Waals surface area contributed by atoms with Gasteiger partial charge in [0.2, 0.25) is 0 Å². The predicted molar refractivity (Wildman–Crippen MR) is 90.0 cm³/mol. The molecule has 0 amide bonds. The summed E-state index contributed by atoms with van der Waals surface area (Å²) in [5, 5.41) is 0. The van der Waals surface area contributed by atoms with Crippen LogP contribution in [0.1, 0.15) is 19.8 Å². The van der Waals surface area contributed by atoms with Gasteiger partial charge in [-0.25, -0.2) is 4.79 Å². The summed E-state index contributed by atoms with van der Waals surface area (Å²) in [6.07, 6.45) is 1.57. The molecule has 0 atom stereocenters. The van der Waals surface area contributed by atoms with Crippen LogP contribution >= 0.6 is 47.8 Å². The first-order chi connectivity index (χ1) is 9.43. The van der Waals surface area contributed by atoms with Crippen molar-refractivity contribution in [2.75, 3.05) is 13.2 Å². The van der Waals surface area contributed by atoms with Crippen LogP contribution in [0.5, 0.6) is 5.75 Å². The highest BCUT2D eigenvalue weighted by atomic mass is 79.9. The lowest BCUT2D eigenvalue weighted by Gasteiger charge is -2.10. The van der Waals surface area contributed by atoms with Gasteiger partial charge in [-0.05, 0) is 79.7 Å². The van der Waals surface area contributed by atoms with Crippen molar-refractivity contribution in [3.8, 4) is 5.75 Å². The van der Waals surface area contributed by atoms with Crippen LogP contribution in [-0.4, -0.2) is 19.2 Å². The number of esters is 1. The number of rotatable bonds is 7. The Hall–Kier alpha value is -0.330. The van der Waals surface area contributed by atoms with E-state index >= 15 is 0 Å². The summed E-state index contributed by atoms with van der Waals surface area (Å²) in [7, 11) is 0. The Balaban J connectivity index is 2.27. The molecule has 1 aromatic carbocycles. The SMILES string of the molecule is C=C(C)C(=O)OCCCCOc1ccc(Br)c(Br)c1Br. The minimum absolute atomic E-state index is 0.342. The third kappa shape index (κ3) is 5.58. The molecule has 6 heteroatoms. The van der Waals surface area contributed by atoms with Crippen LogP contribution in [0, 0.1) is 0 Å². The molecule has 0 aliphatic rings. The van der Waals surface area contributed by atoms with Gasteiger partial charge in [0.25, 0.3) is 0 Å². The number of carbonyl (C=O) groups is 1. The monoisotopic (exact) mass is 468 g/mol. The maximum absolute atomic E-state index is 11.1. The second-order valence-electron chi connectivity index (χ2n) is 4.15. The van der Waals surface area contributed by atoms with E-state index in [0.29, 0.717) is 18.8 Å². The summed E-state index contributed by atoms with van der Waals surface area (Å²) in [5.41, 5.74) is 0.421. The molecule has 0 aliphatic carbocycles. The number of halogens is 3. The van der Waals surface area contributed by atoms with Crippen molar-refractivity contribution in [2.24, 2.45) is 0 Å². The van der Waals surface area contributed by atoms with Crippen molar-refractivity contribution < 1.29 is 14.3 Å². The van der Waals surface area contributed by atoms with Gasteiger partial charge in [0.15, 0.2) is 0 Å². The maximum Gasteiger partial charge on any atom is 0.333 e. The average Bonchev–Trinajstić information content (AvgIpc) is 2.41. The number of ether oxygens (including phenoxy) is 2. The van der Waals surface area contributed by atoms with Gasteiger partial charge in [-0.1, -0.05) is 6.58 Å². The molecule has 0 bridgehead atoms. The van der Waals surface area contributed by atoms with Crippen LogP contribution in [0.2, 0.25) is 0 Å². The van der Waals surface area contributed by atoms with E-state index in [4.69, 9.17) is 9.47 Å². The lowest BCUT2D eigenvalue weighted by molar-refractivity contribution is -0.139. The summed E-state index contributed by atoms with van der Waals surface area (Å²) in [5.74, 6) is 0.435. The zero-order chi connectivity index (χ0) is 15.1. The van der Waals surface area contributed by atoms with E-state index in [1.807, 2.05) is 12.1 Å². The fourth-order valence-electron chi connectivity index (χ4n) is 1.29. The van der Waals surface area contributed by atoms with E-state index in [1.54, 1.807) is 6.92 Å². The summed E-state index contributed by atoms with van der Waals surface area (Å²) in [4.78, 5) is 11.1. The van der Waals surface area contributed by atoms with Crippen LogP contribution in [-0.2, 0) is 9.53 Å². The fourth-order valence-corrected chi connectivity index (χ4v) is 2.68. The van der Waals surface area contributed by atoms with E-state index in [0.717, 1.165) is 32.0 Å². The second kappa shape index (κ2) is 8.85. The topological polar surface area (TPSA) is 35.5 Å². The molecule has 1 rings (SSSR count). The molecule has 1 aromatic rings. The highest BCUT2D eigenvalue weighted by molar-refractivity contribution is 9.14. The molecule has 0 heterocycles. The summed E-state index contributed by atoms with van der Waals surface area (Å²) in [6.45, 7) is 6.11. The molecule has 20 heavy (non-hydrogen) atoms. The zero-order valence-electron chi connectivity index (χ0n) is 11.0. The van der Waals surface area contributed by atoms with E-state index in [2.05, 4.69) is 54.4 Å².